The highest BCUT2D eigenvalue weighted by molar-refractivity contribution is 6.45. The number of carbonyl (C=O) groups is 2. The highest BCUT2D eigenvalue weighted by atomic mass is 35.5. The molecule has 3 aromatic rings. The lowest BCUT2D eigenvalue weighted by Crippen LogP contribution is -2.38. The molecule has 1 saturated carbocycles. The summed E-state index contributed by atoms with van der Waals surface area (Å²) in [7, 11) is 0. The van der Waals surface area contributed by atoms with Crippen molar-refractivity contribution in [3.8, 4) is 0 Å². The van der Waals surface area contributed by atoms with Gasteiger partial charge in [-0.1, -0.05) is 48.2 Å². The van der Waals surface area contributed by atoms with Gasteiger partial charge in [0.15, 0.2) is 0 Å². The highest BCUT2D eigenvalue weighted by Crippen LogP contribution is 2.39. The quantitative estimate of drug-likeness (QED) is 0.378. The average molecular weight is 463 g/mol. The number of aryl methyl sites for hydroxylation is 1. The Hall–Kier alpha value is -2.80. The third-order valence-corrected chi connectivity index (χ3v) is 6.12. The van der Waals surface area contributed by atoms with Gasteiger partial charge >= 0.3 is 6.18 Å². The third kappa shape index (κ3) is 4.39. The van der Waals surface area contributed by atoms with Gasteiger partial charge in [-0.05, 0) is 49.6 Å². The number of ketones is 1. The number of benzene rings is 2. The van der Waals surface area contributed by atoms with E-state index in [1.807, 2.05) is 0 Å². The van der Waals surface area contributed by atoms with Crippen LogP contribution in [-0.2, 0) is 17.5 Å². The van der Waals surface area contributed by atoms with E-state index in [9.17, 15) is 22.8 Å². The van der Waals surface area contributed by atoms with E-state index >= 15 is 0 Å². The van der Waals surface area contributed by atoms with Crippen molar-refractivity contribution >= 4 is 34.2 Å². The number of carbonyl (C=O) groups excluding carboxylic acids is 2. The standard InChI is InChI=1S/C24H22ClF3N2O2/c1-14-6-11-19-18(12-14)20(21(31)23(32)29-17-4-2-3-5-17)22(24(26,27)28)30(19)13-15-7-9-16(25)10-8-15/h6-12,17H,2-5,13H2,1H3,(H,29,32). The Kier molecular flexibility index (Phi) is 6.03. The summed E-state index contributed by atoms with van der Waals surface area (Å²) in [6, 6.07) is 11.1. The van der Waals surface area contributed by atoms with Crippen molar-refractivity contribution in [3.63, 3.8) is 0 Å². The molecule has 1 amide bonds. The Morgan fingerprint density at radius 1 is 1.09 bits per heavy atom. The lowest BCUT2D eigenvalue weighted by Gasteiger charge is -2.15. The molecule has 1 fully saturated rings. The first-order valence-electron chi connectivity index (χ1n) is 10.4. The molecule has 0 saturated heterocycles. The Labute approximate surface area is 188 Å². The molecule has 1 aromatic heterocycles. The number of alkyl halides is 3. The number of nitrogens with zero attached hydrogens (tertiary/aromatic N) is 1. The molecule has 168 valence electrons. The van der Waals surface area contributed by atoms with E-state index in [2.05, 4.69) is 5.32 Å². The van der Waals surface area contributed by atoms with Crippen LogP contribution in [0.1, 0.15) is 52.9 Å². The molecule has 0 atom stereocenters. The first-order chi connectivity index (χ1) is 15.1. The molecule has 1 aliphatic rings. The van der Waals surface area contributed by atoms with E-state index in [1.165, 1.54) is 6.07 Å². The van der Waals surface area contributed by atoms with E-state index < -0.39 is 29.1 Å². The van der Waals surface area contributed by atoms with Crippen LogP contribution in [0, 0.1) is 6.92 Å². The fourth-order valence-corrected chi connectivity index (χ4v) is 4.49. The number of rotatable bonds is 5. The molecule has 0 radical (unpaired) electrons. The maximum Gasteiger partial charge on any atom is 0.432 e. The lowest BCUT2D eigenvalue weighted by molar-refractivity contribution is -0.143. The zero-order valence-electron chi connectivity index (χ0n) is 17.4. The minimum Gasteiger partial charge on any atom is -0.346 e. The molecule has 4 nitrogen and oxygen atoms in total. The molecule has 0 bridgehead atoms. The summed E-state index contributed by atoms with van der Waals surface area (Å²) in [5.41, 5.74) is -0.179. The molecule has 1 heterocycles. The zero-order valence-corrected chi connectivity index (χ0v) is 18.2. The van der Waals surface area contributed by atoms with Crippen LogP contribution in [0.25, 0.3) is 10.9 Å². The predicted molar refractivity (Wildman–Crippen MR) is 117 cm³/mol. The normalized spacial score (nSPS) is 14.8. The molecule has 0 spiro atoms. The van der Waals surface area contributed by atoms with Crippen molar-refractivity contribution in [3.05, 3.63) is 69.9 Å². The number of halogens is 4. The fraction of sp³-hybridized carbons (Fsp3) is 0.333. The predicted octanol–water partition coefficient (Wildman–Crippen LogP) is 5.91. The van der Waals surface area contributed by atoms with Gasteiger partial charge in [0.05, 0.1) is 5.56 Å². The molecule has 2 aromatic carbocycles. The smallest absolute Gasteiger partial charge is 0.346 e. The number of hydrogen-bond acceptors (Lipinski definition) is 2. The molecule has 8 heteroatoms. The number of hydrogen-bond donors (Lipinski definition) is 1. The first-order valence-corrected chi connectivity index (χ1v) is 10.8. The van der Waals surface area contributed by atoms with Crippen molar-refractivity contribution in [1.29, 1.82) is 0 Å². The van der Waals surface area contributed by atoms with Crippen LogP contribution in [0.2, 0.25) is 5.02 Å². The van der Waals surface area contributed by atoms with Gasteiger partial charge in [-0.2, -0.15) is 13.2 Å². The number of nitrogens with one attached hydrogen (secondary N) is 1. The van der Waals surface area contributed by atoms with Gasteiger partial charge in [-0.3, -0.25) is 9.59 Å². The fourth-order valence-electron chi connectivity index (χ4n) is 4.36. The maximum atomic E-state index is 14.3. The summed E-state index contributed by atoms with van der Waals surface area (Å²) in [5, 5.41) is 3.21. The minimum absolute atomic E-state index is 0.122. The SMILES string of the molecule is Cc1ccc2c(c1)c(C(=O)C(=O)NC1CCCC1)c(C(F)(F)F)n2Cc1ccc(Cl)cc1. The monoisotopic (exact) mass is 462 g/mol. The van der Waals surface area contributed by atoms with E-state index in [4.69, 9.17) is 11.6 Å². The van der Waals surface area contributed by atoms with Crippen LogP contribution in [-0.4, -0.2) is 22.3 Å². The summed E-state index contributed by atoms with van der Waals surface area (Å²) >= 11 is 5.91. The Balaban J connectivity index is 1.86. The number of Topliss-reactive ketones (excluding diaryl/α,β-unsaturated/α-hetero) is 1. The van der Waals surface area contributed by atoms with Gasteiger partial charge in [-0.15, -0.1) is 0 Å². The third-order valence-electron chi connectivity index (χ3n) is 5.87. The van der Waals surface area contributed by atoms with Gasteiger partial charge in [0.1, 0.15) is 5.69 Å². The van der Waals surface area contributed by atoms with Crippen LogP contribution >= 0.6 is 11.6 Å². The van der Waals surface area contributed by atoms with Crippen molar-refractivity contribution < 1.29 is 22.8 Å². The Morgan fingerprint density at radius 3 is 2.38 bits per heavy atom. The molecule has 32 heavy (non-hydrogen) atoms. The second kappa shape index (κ2) is 8.62. The summed E-state index contributed by atoms with van der Waals surface area (Å²) in [6.45, 7) is 1.61. The van der Waals surface area contributed by atoms with Crippen molar-refractivity contribution in [2.24, 2.45) is 0 Å². The Bertz CT molecular complexity index is 1180. The minimum atomic E-state index is -4.84. The summed E-state index contributed by atoms with van der Waals surface area (Å²) < 4.78 is 44.0. The van der Waals surface area contributed by atoms with Gasteiger partial charge < -0.3 is 9.88 Å². The topological polar surface area (TPSA) is 51.1 Å². The first kappa shape index (κ1) is 22.4. The largest absolute Gasteiger partial charge is 0.432 e. The highest BCUT2D eigenvalue weighted by Gasteiger charge is 2.42. The van der Waals surface area contributed by atoms with Crippen LogP contribution < -0.4 is 5.32 Å². The summed E-state index contributed by atoms with van der Waals surface area (Å²) in [6.07, 6.45) is -1.54. The second-order valence-corrected chi connectivity index (χ2v) is 8.67. The van der Waals surface area contributed by atoms with E-state index in [-0.39, 0.29) is 23.5 Å². The number of aromatic nitrogens is 1. The zero-order chi connectivity index (χ0) is 23.0. The molecule has 1 aliphatic carbocycles. The number of fused-ring (bicyclic) bond motifs is 1. The lowest BCUT2D eigenvalue weighted by atomic mass is 10.0. The maximum absolute atomic E-state index is 14.3. The van der Waals surface area contributed by atoms with Gasteiger partial charge in [-0.25, -0.2) is 0 Å². The summed E-state index contributed by atoms with van der Waals surface area (Å²) in [5.74, 6) is -2.15. The molecular formula is C24H22ClF3N2O2. The Morgan fingerprint density at radius 2 is 1.75 bits per heavy atom. The molecule has 0 aliphatic heterocycles. The van der Waals surface area contributed by atoms with Crippen molar-refractivity contribution in [2.45, 2.75) is 51.4 Å². The van der Waals surface area contributed by atoms with E-state index in [0.29, 0.717) is 16.1 Å². The van der Waals surface area contributed by atoms with Crippen LogP contribution in [0.3, 0.4) is 0 Å². The molecule has 0 unspecified atom stereocenters. The summed E-state index contributed by atoms with van der Waals surface area (Å²) in [4.78, 5) is 25.8. The average Bonchev–Trinajstić information content (AvgIpc) is 3.34. The molecule has 4 rings (SSSR count). The molecule has 1 N–H and O–H groups in total. The second-order valence-electron chi connectivity index (χ2n) is 8.24. The van der Waals surface area contributed by atoms with Crippen molar-refractivity contribution in [2.75, 3.05) is 0 Å². The van der Waals surface area contributed by atoms with E-state index in [0.717, 1.165) is 30.3 Å². The van der Waals surface area contributed by atoms with Crippen molar-refractivity contribution in [1.82, 2.24) is 9.88 Å². The van der Waals surface area contributed by atoms with Gasteiger partial charge in [0.25, 0.3) is 11.7 Å². The van der Waals surface area contributed by atoms with Crippen LogP contribution in [0.4, 0.5) is 13.2 Å². The van der Waals surface area contributed by atoms with Crippen LogP contribution in [0.15, 0.2) is 42.5 Å². The van der Waals surface area contributed by atoms with Gasteiger partial charge in [0.2, 0.25) is 0 Å². The molecular weight excluding hydrogens is 441 g/mol. The van der Waals surface area contributed by atoms with Gasteiger partial charge in [0, 0.05) is 28.5 Å². The number of amides is 1. The van der Waals surface area contributed by atoms with Crippen LogP contribution in [0.5, 0.6) is 0 Å². The van der Waals surface area contributed by atoms with E-state index in [1.54, 1.807) is 43.3 Å².